The molecule has 1 unspecified atom stereocenters. The van der Waals surface area contributed by atoms with Gasteiger partial charge >= 0.3 is 17.8 Å². The number of ether oxygens (including phenoxy) is 1. The number of methoxy groups -OCH3 is 1. The maximum absolute atomic E-state index is 13.8. The van der Waals surface area contributed by atoms with E-state index in [9.17, 15) is 36.4 Å². The van der Waals surface area contributed by atoms with E-state index in [0.717, 1.165) is 30.2 Å². The van der Waals surface area contributed by atoms with Crippen LogP contribution in [-0.4, -0.2) is 54.5 Å². The zero-order chi connectivity index (χ0) is 30.8. The fourth-order valence-corrected chi connectivity index (χ4v) is 5.21. The summed E-state index contributed by atoms with van der Waals surface area (Å²) in [6.45, 7) is 1.80. The van der Waals surface area contributed by atoms with Crippen LogP contribution in [0.15, 0.2) is 64.6 Å². The molecule has 0 spiro atoms. The van der Waals surface area contributed by atoms with Gasteiger partial charge in [0.25, 0.3) is 0 Å². The number of sulfone groups is 1. The molecule has 3 aromatic rings. The molecule has 1 atom stereocenters. The first-order valence-corrected chi connectivity index (χ1v) is 14.7. The molecule has 0 amide bonds. The molecular weight excluding hydrogens is 577 g/mol. The lowest BCUT2D eigenvalue weighted by Gasteiger charge is -2.35. The van der Waals surface area contributed by atoms with Crippen molar-refractivity contribution in [2.24, 2.45) is 0 Å². The summed E-state index contributed by atoms with van der Waals surface area (Å²) in [4.78, 5) is 28.3. The molecule has 0 fully saturated rings. The van der Waals surface area contributed by atoms with Crippen LogP contribution in [0.5, 0.6) is 0 Å². The molecule has 222 valence electrons. The highest BCUT2D eigenvalue weighted by molar-refractivity contribution is 7.90. The molecular formula is C27H27F3N6O5S. The number of aryl methyl sites for hydroxylation is 1. The minimum atomic E-state index is -4.66. The second-order valence-corrected chi connectivity index (χ2v) is 11.8. The number of benzene rings is 2. The maximum Gasteiger partial charge on any atom is 0.416 e. The van der Waals surface area contributed by atoms with Gasteiger partial charge in [0.1, 0.15) is 6.04 Å². The van der Waals surface area contributed by atoms with Crippen molar-refractivity contribution in [3.63, 3.8) is 0 Å². The van der Waals surface area contributed by atoms with E-state index >= 15 is 0 Å². The molecule has 0 saturated heterocycles. The largest absolute Gasteiger partial charge is 0.466 e. The SMILES string of the molecule is COC(=O)C1=C(C)N(c2cccc(C(F)(F)F)c2)c2nn(CCCNCS(C)(=O)=O)c(=O)n2C1c1ccc(C#N)cc1. The zero-order valence-electron chi connectivity index (χ0n) is 22.8. The van der Waals surface area contributed by atoms with E-state index < -0.39 is 39.3 Å². The van der Waals surface area contributed by atoms with Crippen LogP contribution in [-0.2, 0) is 32.1 Å². The van der Waals surface area contributed by atoms with E-state index in [1.54, 1.807) is 12.1 Å². The third-order valence-electron chi connectivity index (χ3n) is 6.59. The predicted molar refractivity (Wildman–Crippen MR) is 146 cm³/mol. The highest BCUT2D eigenvalue weighted by Gasteiger charge is 2.41. The summed E-state index contributed by atoms with van der Waals surface area (Å²) in [5.74, 6) is -1.10. The number of esters is 1. The monoisotopic (exact) mass is 604 g/mol. The van der Waals surface area contributed by atoms with Gasteiger partial charge in [-0.05, 0) is 55.8 Å². The molecule has 2 heterocycles. The summed E-state index contributed by atoms with van der Waals surface area (Å²) in [7, 11) is -2.10. The molecule has 0 aliphatic carbocycles. The molecule has 1 N–H and O–H groups in total. The molecule has 0 radical (unpaired) electrons. The van der Waals surface area contributed by atoms with Crippen LogP contribution in [0.3, 0.4) is 0 Å². The number of nitrogens with zero attached hydrogens (tertiary/aromatic N) is 5. The molecule has 42 heavy (non-hydrogen) atoms. The van der Waals surface area contributed by atoms with Crippen LogP contribution in [0, 0.1) is 11.3 Å². The van der Waals surface area contributed by atoms with Crippen molar-refractivity contribution in [1.29, 1.82) is 5.26 Å². The van der Waals surface area contributed by atoms with Gasteiger partial charge < -0.3 is 10.1 Å². The number of carbonyl (C=O) groups excluding carboxylic acids is 1. The molecule has 4 rings (SSSR count). The van der Waals surface area contributed by atoms with Crippen molar-refractivity contribution in [1.82, 2.24) is 19.7 Å². The summed E-state index contributed by atoms with van der Waals surface area (Å²) in [6.07, 6.45) is -3.28. The molecule has 2 aromatic carbocycles. The second-order valence-electron chi connectivity index (χ2n) is 9.61. The first-order chi connectivity index (χ1) is 19.8. The molecule has 0 saturated carbocycles. The lowest BCUT2D eigenvalue weighted by atomic mass is 9.93. The number of hydrogen-bond donors (Lipinski definition) is 1. The van der Waals surface area contributed by atoms with Crippen LogP contribution in [0.1, 0.15) is 36.1 Å². The Hall–Kier alpha value is -4.42. The Bertz CT molecular complexity index is 1740. The number of nitriles is 1. The van der Waals surface area contributed by atoms with Gasteiger partial charge in [-0.1, -0.05) is 18.2 Å². The van der Waals surface area contributed by atoms with Gasteiger partial charge in [0, 0.05) is 24.2 Å². The molecule has 11 nitrogen and oxygen atoms in total. The Labute approximate surface area is 239 Å². The van der Waals surface area contributed by atoms with Crippen LogP contribution < -0.4 is 15.9 Å². The Morgan fingerprint density at radius 2 is 1.88 bits per heavy atom. The number of aromatic nitrogens is 3. The van der Waals surface area contributed by atoms with Gasteiger partial charge in [0.2, 0.25) is 5.95 Å². The van der Waals surface area contributed by atoms with E-state index in [1.165, 1.54) is 40.7 Å². The topological polar surface area (TPSA) is 139 Å². The minimum Gasteiger partial charge on any atom is -0.466 e. The summed E-state index contributed by atoms with van der Waals surface area (Å²) in [5, 5.41) is 16.5. The van der Waals surface area contributed by atoms with E-state index in [0.29, 0.717) is 17.5 Å². The number of allylic oxidation sites excluding steroid dienone is 1. The number of fused-ring (bicyclic) bond motifs is 1. The number of alkyl halides is 3. The number of anilines is 2. The second kappa shape index (κ2) is 11.8. The van der Waals surface area contributed by atoms with E-state index in [4.69, 9.17) is 4.74 Å². The first-order valence-electron chi connectivity index (χ1n) is 12.6. The molecule has 1 aliphatic rings. The Kier molecular flexibility index (Phi) is 8.60. The first kappa shape index (κ1) is 30.5. The van der Waals surface area contributed by atoms with E-state index in [1.807, 2.05) is 6.07 Å². The fraction of sp³-hybridized carbons (Fsp3) is 0.333. The highest BCUT2D eigenvalue weighted by atomic mass is 32.2. The predicted octanol–water partition coefficient (Wildman–Crippen LogP) is 3.11. The Morgan fingerprint density at radius 3 is 2.48 bits per heavy atom. The van der Waals surface area contributed by atoms with Gasteiger partial charge in [-0.25, -0.2) is 27.3 Å². The van der Waals surface area contributed by atoms with E-state index in [2.05, 4.69) is 10.4 Å². The average molecular weight is 605 g/mol. The third-order valence-corrected chi connectivity index (χ3v) is 7.32. The summed E-state index contributed by atoms with van der Waals surface area (Å²) >= 11 is 0. The number of halogens is 3. The van der Waals surface area contributed by atoms with Crippen molar-refractivity contribution in [2.75, 3.05) is 30.7 Å². The van der Waals surface area contributed by atoms with Gasteiger partial charge in [-0.3, -0.25) is 4.90 Å². The van der Waals surface area contributed by atoms with E-state index in [-0.39, 0.29) is 41.9 Å². The van der Waals surface area contributed by atoms with Crippen LogP contribution in [0.25, 0.3) is 0 Å². The molecule has 15 heteroatoms. The van der Waals surface area contributed by atoms with Crippen LogP contribution >= 0.6 is 0 Å². The Balaban J connectivity index is 1.90. The fourth-order valence-electron chi connectivity index (χ4n) is 4.70. The quantitative estimate of drug-likeness (QED) is 0.288. The summed E-state index contributed by atoms with van der Waals surface area (Å²) in [5.41, 5.74) is -0.630. The summed E-state index contributed by atoms with van der Waals surface area (Å²) in [6, 6.07) is 11.5. The third kappa shape index (κ3) is 6.24. The lowest BCUT2D eigenvalue weighted by molar-refractivity contribution is -0.138. The molecule has 1 aliphatic heterocycles. The molecule has 1 aromatic heterocycles. The van der Waals surface area contributed by atoms with Crippen molar-refractivity contribution in [3.8, 4) is 6.07 Å². The standard InChI is InChI=1S/C27H27F3N6O5S/c1-17-22(24(37)41-2)23(19-10-8-18(15-31)9-11-19)36-25(35(17)21-7-4-6-20(14-21)27(28,29)30)33-34(26(36)38)13-5-12-32-16-42(3,39)40/h4,6-11,14,23,32H,5,12-13,16H2,1-3H3. The van der Waals surface area contributed by atoms with Crippen molar-refractivity contribution >= 4 is 27.4 Å². The zero-order valence-corrected chi connectivity index (χ0v) is 23.7. The normalized spacial score (nSPS) is 15.4. The Morgan fingerprint density at radius 1 is 1.19 bits per heavy atom. The van der Waals surface area contributed by atoms with Crippen LogP contribution in [0.4, 0.5) is 24.8 Å². The number of nitrogens with one attached hydrogen (secondary N) is 1. The van der Waals surface area contributed by atoms with Gasteiger partial charge in [-0.15, -0.1) is 5.10 Å². The van der Waals surface area contributed by atoms with Crippen LogP contribution in [0.2, 0.25) is 0 Å². The molecule has 0 bridgehead atoms. The lowest BCUT2D eigenvalue weighted by Crippen LogP contribution is -2.38. The smallest absolute Gasteiger partial charge is 0.416 e. The van der Waals surface area contributed by atoms with Gasteiger partial charge in [0.15, 0.2) is 9.84 Å². The number of rotatable bonds is 9. The van der Waals surface area contributed by atoms with Gasteiger partial charge in [0.05, 0.1) is 35.8 Å². The minimum absolute atomic E-state index is 0.00947. The highest BCUT2D eigenvalue weighted by Crippen LogP contribution is 2.43. The summed E-state index contributed by atoms with van der Waals surface area (Å²) < 4.78 is 71.0. The van der Waals surface area contributed by atoms with Crippen molar-refractivity contribution < 1.29 is 31.1 Å². The van der Waals surface area contributed by atoms with Gasteiger partial charge in [-0.2, -0.15) is 18.4 Å². The maximum atomic E-state index is 13.8. The van der Waals surface area contributed by atoms with Crippen molar-refractivity contribution in [2.45, 2.75) is 32.1 Å². The number of hydrogen-bond acceptors (Lipinski definition) is 9. The number of carbonyl (C=O) groups is 1. The average Bonchev–Trinajstić information content (AvgIpc) is 3.26. The van der Waals surface area contributed by atoms with Crippen molar-refractivity contribution in [3.05, 3.63) is 87.0 Å².